The van der Waals surface area contributed by atoms with Crippen molar-refractivity contribution < 1.29 is 4.79 Å². The Morgan fingerprint density at radius 1 is 1.17 bits per heavy atom. The van der Waals surface area contributed by atoms with Crippen LogP contribution in [0.2, 0.25) is 0 Å². The molecule has 0 saturated carbocycles. The molecule has 2 aromatic heterocycles. The molecule has 0 fully saturated rings. The molecule has 0 aliphatic heterocycles. The van der Waals surface area contributed by atoms with Crippen LogP contribution in [0.3, 0.4) is 0 Å². The van der Waals surface area contributed by atoms with Crippen molar-refractivity contribution in [2.75, 3.05) is 5.32 Å². The lowest BCUT2D eigenvalue weighted by molar-refractivity contribution is 0.111. The lowest BCUT2D eigenvalue weighted by Crippen LogP contribution is -2.00. The second kappa shape index (κ2) is 4.25. The van der Waals surface area contributed by atoms with E-state index in [-0.39, 0.29) is 5.82 Å². The quantitative estimate of drug-likeness (QED) is 0.704. The zero-order valence-corrected chi connectivity index (χ0v) is 9.32. The number of carbonyl (C=O) groups is 1. The second-order valence-electron chi connectivity index (χ2n) is 3.62. The molecule has 3 rings (SSSR count). The average Bonchev–Trinajstić information content (AvgIpc) is 2.82. The second-order valence-corrected chi connectivity index (χ2v) is 3.62. The van der Waals surface area contributed by atoms with Gasteiger partial charge in [-0.05, 0) is 12.1 Å². The summed E-state index contributed by atoms with van der Waals surface area (Å²) in [6.45, 7) is 0. The Hall–Kier alpha value is -2.76. The summed E-state index contributed by atoms with van der Waals surface area (Å²) in [6, 6.07) is 11.3. The van der Waals surface area contributed by atoms with Crippen molar-refractivity contribution in [1.82, 2.24) is 19.6 Å². The molecule has 6 heteroatoms. The maximum Gasteiger partial charge on any atom is 0.247 e. The number of carbonyl (C=O) groups excluding carboxylic acids is 1. The minimum absolute atomic E-state index is 0.223. The maximum atomic E-state index is 10.8. The summed E-state index contributed by atoms with van der Waals surface area (Å²) in [4.78, 5) is 19.0. The van der Waals surface area contributed by atoms with Crippen LogP contribution >= 0.6 is 0 Å². The number of rotatable bonds is 3. The number of aromatic nitrogens is 4. The summed E-state index contributed by atoms with van der Waals surface area (Å²) >= 11 is 0. The zero-order chi connectivity index (χ0) is 12.4. The number of fused-ring (bicyclic) bond motifs is 1. The number of aldehydes is 1. The van der Waals surface area contributed by atoms with Gasteiger partial charge in [0.2, 0.25) is 5.95 Å². The van der Waals surface area contributed by atoms with Crippen LogP contribution in [0.1, 0.15) is 10.6 Å². The van der Waals surface area contributed by atoms with Crippen LogP contribution in [0.25, 0.3) is 5.65 Å². The average molecular weight is 239 g/mol. The molecule has 0 aliphatic carbocycles. The number of nitrogens with zero attached hydrogens (tertiary/aromatic N) is 4. The normalized spacial score (nSPS) is 10.4. The van der Waals surface area contributed by atoms with Gasteiger partial charge in [-0.2, -0.15) is 9.50 Å². The fraction of sp³-hybridized carbons (Fsp3) is 0. The molecule has 0 bridgehead atoms. The first-order valence-corrected chi connectivity index (χ1v) is 5.36. The number of hydrogen-bond donors (Lipinski definition) is 1. The minimum Gasteiger partial charge on any atom is -0.323 e. The van der Waals surface area contributed by atoms with Gasteiger partial charge in [-0.25, -0.2) is 4.98 Å². The summed E-state index contributed by atoms with van der Waals surface area (Å²) in [5.74, 6) is 0.651. The number of nitrogens with one attached hydrogen (secondary N) is 1. The molecule has 1 N–H and O–H groups in total. The van der Waals surface area contributed by atoms with Crippen molar-refractivity contribution in [3.8, 4) is 0 Å². The van der Waals surface area contributed by atoms with Crippen LogP contribution in [-0.2, 0) is 0 Å². The van der Waals surface area contributed by atoms with Gasteiger partial charge in [-0.1, -0.05) is 18.2 Å². The molecular formula is C12H9N5O. The molecule has 88 valence electrons. The lowest BCUT2D eigenvalue weighted by atomic mass is 10.3. The molecule has 0 radical (unpaired) electrons. The Morgan fingerprint density at radius 3 is 2.78 bits per heavy atom. The molecule has 0 aliphatic rings. The molecule has 0 unspecified atom stereocenters. The van der Waals surface area contributed by atoms with Gasteiger partial charge >= 0.3 is 0 Å². The van der Waals surface area contributed by atoms with E-state index in [4.69, 9.17) is 0 Å². The topological polar surface area (TPSA) is 72.2 Å². The molecule has 18 heavy (non-hydrogen) atoms. The van der Waals surface area contributed by atoms with Gasteiger partial charge in [0.1, 0.15) is 0 Å². The first-order valence-electron chi connectivity index (χ1n) is 5.36. The third-order valence-corrected chi connectivity index (χ3v) is 2.41. The fourth-order valence-corrected chi connectivity index (χ4v) is 1.62. The standard InChI is InChI=1S/C12H9N5O/c18-8-11-13-7-6-10-15-12(16-17(10)11)14-9-4-2-1-3-5-9/h1-8H,(H,14,16). The largest absolute Gasteiger partial charge is 0.323 e. The third kappa shape index (κ3) is 1.80. The fourth-order valence-electron chi connectivity index (χ4n) is 1.62. The van der Waals surface area contributed by atoms with E-state index in [1.165, 1.54) is 10.7 Å². The van der Waals surface area contributed by atoms with E-state index in [0.717, 1.165) is 5.69 Å². The number of benzene rings is 1. The highest BCUT2D eigenvalue weighted by Crippen LogP contribution is 2.13. The first-order chi connectivity index (χ1) is 8.86. The van der Waals surface area contributed by atoms with Crippen LogP contribution in [0.4, 0.5) is 11.6 Å². The van der Waals surface area contributed by atoms with Crippen molar-refractivity contribution in [2.24, 2.45) is 0 Å². The molecule has 3 aromatic rings. The van der Waals surface area contributed by atoms with E-state index < -0.39 is 0 Å². The summed E-state index contributed by atoms with van der Waals surface area (Å²) in [5.41, 5.74) is 1.46. The molecule has 2 heterocycles. The predicted molar refractivity (Wildman–Crippen MR) is 65.9 cm³/mol. The number of para-hydroxylation sites is 1. The minimum atomic E-state index is 0.223. The smallest absolute Gasteiger partial charge is 0.247 e. The highest BCUT2D eigenvalue weighted by atomic mass is 16.1. The van der Waals surface area contributed by atoms with Gasteiger partial charge in [0.15, 0.2) is 17.8 Å². The van der Waals surface area contributed by atoms with Crippen LogP contribution in [0.5, 0.6) is 0 Å². The molecule has 6 nitrogen and oxygen atoms in total. The van der Waals surface area contributed by atoms with E-state index in [2.05, 4.69) is 20.4 Å². The van der Waals surface area contributed by atoms with E-state index in [1.807, 2.05) is 30.3 Å². The highest BCUT2D eigenvalue weighted by Gasteiger charge is 2.07. The number of hydrogen-bond acceptors (Lipinski definition) is 5. The van der Waals surface area contributed by atoms with E-state index in [9.17, 15) is 4.79 Å². The monoisotopic (exact) mass is 239 g/mol. The molecule has 1 aromatic carbocycles. The summed E-state index contributed by atoms with van der Waals surface area (Å²) < 4.78 is 1.40. The van der Waals surface area contributed by atoms with E-state index in [0.29, 0.717) is 17.9 Å². The Labute approximate surface area is 102 Å². The number of anilines is 2. The third-order valence-electron chi connectivity index (χ3n) is 2.41. The predicted octanol–water partition coefficient (Wildman–Crippen LogP) is 1.68. The Bertz CT molecular complexity index is 692. The van der Waals surface area contributed by atoms with Gasteiger partial charge in [0.05, 0.1) is 0 Å². The van der Waals surface area contributed by atoms with E-state index >= 15 is 0 Å². The van der Waals surface area contributed by atoms with Gasteiger partial charge in [0.25, 0.3) is 0 Å². The first kappa shape index (κ1) is 10.4. The van der Waals surface area contributed by atoms with Crippen molar-refractivity contribution in [3.05, 3.63) is 48.4 Å². The summed E-state index contributed by atoms with van der Waals surface area (Å²) in [5, 5.41) is 7.24. The van der Waals surface area contributed by atoms with Crippen molar-refractivity contribution in [2.45, 2.75) is 0 Å². The maximum absolute atomic E-state index is 10.8. The molecule has 0 saturated heterocycles. The summed E-state index contributed by atoms with van der Waals surface area (Å²) in [7, 11) is 0. The molecule has 0 spiro atoms. The SMILES string of the molecule is O=Cc1nccc2nc(Nc3ccccc3)nn12. The van der Waals surface area contributed by atoms with Crippen molar-refractivity contribution in [1.29, 1.82) is 0 Å². The molecule has 0 atom stereocenters. The molecule has 0 amide bonds. The van der Waals surface area contributed by atoms with Gasteiger partial charge in [-0.15, -0.1) is 5.10 Å². The van der Waals surface area contributed by atoms with Gasteiger partial charge in [0, 0.05) is 18.0 Å². The molecular weight excluding hydrogens is 230 g/mol. The summed E-state index contributed by atoms with van der Waals surface area (Å²) in [6.07, 6.45) is 2.17. The van der Waals surface area contributed by atoms with Crippen LogP contribution in [0.15, 0.2) is 42.6 Å². The van der Waals surface area contributed by atoms with Gasteiger partial charge in [-0.3, -0.25) is 4.79 Å². The van der Waals surface area contributed by atoms with Crippen LogP contribution in [-0.4, -0.2) is 25.9 Å². The Morgan fingerprint density at radius 2 is 2.00 bits per heavy atom. The lowest BCUT2D eigenvalue weighted by Gasteiger charge is -1.99. The Kier molecular flexibility index (Phi) is 2.45. The zero-order valence-electron chi connectivity index (χ0n) is 9.32. The Balaban J connectivity index is 2.01. The van der Waals surface area contributed by atoms with Gasteiger partial charge < -0.3 is 5.32 Å². The van der Waals surface area contributed by atoms with Crippen molar-refractivity contribution >= 4 is 23.6 Å². The van der Waals surface area contributed by atoms with Crippen molar-refractivity contribution in [3.63, 3.8) is 0 Å². The van der Waals surface area contributed by atoms with E-state index in [1.54, 1.807) is 6.07 Å². The van der Waals surface area contributed by atoms with Crippen LogP contribution < -0.4 is 5.32 Å². The van der Waals surface area contributed by atoms with Crippen LogP contribution in [0, 0.1) is 0 Å². The highest BCUT2D eigenvalue weighted by molar-refractivity contribution is 5.70.